The number of rotatable bonds is 3. The maximum absolute atomic E-state index is 10.2. The van der Waals surface area contributed by atoms with Gasteiger partial charge < -0.3 is 16.2 Å². The van der Waals surface area contributed by atoms with E-state index in [2.05, 4.69) is 5.32 Å². The van der Waals surface area contributed by atoms with Crippen LogP contribution in [0, 0.1) is 0 Å². The van der Waals surface area contributed by atoms with E-state index in [1.54, 1.807) is 0 Å². The zero-order valence-corrected chi connectivity index (χ0v) is 4.55. The molecule has 0 saturated heterocycles. The van der Waals surface area contributed by atoms with E-state index in [9.17, 15) is 4.79 Å². The molecule has 48 valence electrons. The van der Waals surface area contributed by atoms with Gasteiger partial charge in [-0.2, -0.15) is 0 Å². The van der Waals surface area contributed by atoms with Crippen LogP contribution in [0.2, 0.25) is 0 Å². The molecule has 1 amide bonds. The molecule has 0 atom stereocenters. The van der Waals surface area contributed by atoms with Gasteiger partial charge in [0.15, 0.2) is 0 Å². The summed E-state index contributed by atoms with van der Waals surface area (Å²) in [6, 6.07) is 0. The molecule has 0 aromatic rings. The second-order valence-electron chi connectivity index (χ2n) is 1.30. The number of aliphatic hydroxyl groups excluding tert-OH is 1. The van der Waals surface area contributed by atoms with Gasteiger partial charge in [0.2, 0.25) is 5.91 Å². The third-order valence-electron chi connectivity index (χ3n) is 0.610. The molecule has 0 rings (SSSR count). The molecule has 0 saturated carbocycles. The molecule has 0 aliphatic carbocycles. The summed E-state index contributed by atoms with van der Waals surface area (Å²) in [6.07, 6.45) is 0. The first-order valence-electron chi connectivity index (χ1n) is 2.39. The molecule has 8 heavy (non-hydrogen) atoms. The van der Waals surface area contributed by atoms with Crippen molar-refractivity contribution in [2.45, 2.75) is 0 Å². The van der Waals surface area contributed by atoms with Gasteiger partial charge in [0.1, 0.15) is 6.61 Å². The Kier molecular flexibility index (Phi) is 4.20. The molecule has 0 aromatic carbocycles. The predicted molar refractivity (Wildman–Crippen MR) is 29.1 cm³/mol. The highest BCUT2D eigenvalue weighted by atomic mass is 16.3. The average Bonchev–Trinajstić information content (AvgIpc) is 1.83. The van der Waals surface area contributed by atoms with Crippen molar-refractivity contribution in [2.24, 2.45) is 5.73 Å². The van der Waals surface area contributed by atoms with Crippen molar-refractivity contribution in [3.05, 3.63) is 0 Å². The Morgan fingerprint density at radius 2 is 2.38 bits per heavy atom. The minimum absolute atomic E-state index is 0.379. The average molecular weight is 118 g/mol. The van der Waals surface area contributed by atoms with Gasteiger partial charge in [-0.05, 0) is 0 Å². The summed E-state index contributed by atoms with van der Waals surface area (Å²) < 4.78 is 0. The van der Waals surface area contributed by atoms with Crippen LogP contribution in [0.4, 0.5) is 0 Å². The van der Waals surface area contributed by atoms with Gasteiger partial charge in [0, 0.05) is 13.1 Å². The minimum Gasteiger partial charge on any atom is -0.387 e. The van der Waals surface area contributed by atoms with Gasteiger partial charge in [0.05, 0.1) is 0 Å². The fourth-order valence-corrected chi connectivity index (χ4v) is 0.267. The van der Waals surface area contributed by atoms with Crippen molar-refractivity contribution >= 4 is 5.91 Å². The summed E-state index contributed by atoms with van der Waals surface area (Å²) in [5.74, 6) is -0.379. The molecular weight excluding hydrogens is 108 g/mol. The fraction of sp³-hybridized carbons (Fsp3) is 0.750. The number of aliphatic hydroxyl groups is 1. The predicted octanol–water partition coefficient (Wildman–Crippen LogP) is -1.95. The van der Waals surface area contributed by atoms with E-state index in [4.69, 9.17) is 10.8 Å². The van der Waals surface area contributed by atoms with Gasteiger partial charge in [-0.1, -0.05) is 0 Å². The normalized spacial score (nSPS) is 8.75. The lowest BCUT2D eigenvalue weighted by Gasteiger charge is -1.96. The van der Waals surface area contributed by atoms with Crippen molar-refractivity contribution in [1.82, 2.24) is 5.32 Å². The van der Waals surface area contributed by atoms with Crippen molar-refractivity contribution < 1.29 is 9.90 Å². The number of hydrogen-bond acceptors (Lipinski definition) is 3. The van der Waals surface area contributed by atoms with E-state index in [1.807, 2.05) is 0 Å². The molecule has 4 N–H and O–H groups in total. The summed E-state index contributed by atoms with van der Waals surface area (Å²) in [4.78, 5) is 10.2. The molecule has 0 aliphatic rings. The lowest BCUT2D eigenvalue weighted by Crippen LogP contribution is -2.30. The number of nitrogens with two attached hydrogens (primary N) is 1. The van der Waals surface area contributed by atoms with Gasteiger partial charge in [-0.25, -0.2) is 0 Å². The van der Waals surface area contributed by atoms with Gasteiger partial charge in [-0.3, -0.25) is 4.79 Å². The number of carbonyl (C=O) groups is 1. The first-order valence-corrected chi connectivity index (χ1v) is 2.39. The molecule has 0 unspecified atom stereocenters. The molecule has 0 heterocycles. The number of hydrogen-bond donors (Lipinski definition) is 3. The van der Waals surface area contributed by atoms with Crippen molar-refractivity contribution in [1.29, 1.82) is 0 Å². The lowest BCUT2D eigenvalue weighted by molar-refractivity contribution is -0.123. The van der Waals surface area contributed by atoms with Gasteiger partial charge >= 0.3 is 0 Å². The lowest BCUT2D eigenvalue weighted by atomic mass is 10.6. The molecule has 4 heteroatoms. The maximum atomic E-state index is 10.2. The number of carbonyl (C=O) groups excluding carboxylic acids is 1. The Labute approximate surface area is 47.7 Å². The summed E-state index contributed by atoms with van der Waals surface area (Å²) in [5.41, 5.74) is 5.04. The smallest absolute Gasteiger partial charge is 0.245 e. The zero-order valence-electron chi connectivity index (χ0n) is 4.55. The standard InChI is InChI=1S/C4H10N2O2/c5-1-2-6-4(8)3-7/h7H,1-3,5H2,(H,6,8). The highest BCUT2D eigenvalue weighted by molar-refractivity contribution is 5.76. The van der Waals surface area contributed by atoms with Gasteiger partial charge in [0.25, 0.3) is 0 Å². The van der Waals surface area contributed by atoms with Crippen LogP contribution in [0.15, 0.2) is 0 Å². The second-order valence-corrected chi connectivity index (χ2v) is 1.30. The van der Waals surface area contributed by atoms with E-state index >= 15 is 0 Å². The molecule has 0 aromatic heterocycles. The van der Waals surface area contributed by atoms with Crippen LogP contribution in [-0.4, -0.2) is 30.7 Å². The van der Waals surface area contributed by atoms with Crippen LogP contribution in [0.1, 0.15) is 0 Å². The SMILES string of the molecule is NCCNC(=O)CO. The first kappa shape index (κ1) is 7.39. The summed E-state index contributed by atoms with van der Waals surface area (Å²) in [6.45, 7) is 0.380. The van der Waals surface area contributed by atoms with Crippen LogP contribution in [0.5, 0.6) is 0 Å². The minimum atomic E-state index is -0.458. The van der Waals surface area contributed by atoms with E-state index in [-0.39, 0.29) is 5.91 Å². The van der Waals surface area contributed by atoms with Crippen LogP contribution in [0.25, 0.3) is 0 Å². The Bertz CT molecular complexity index is 74.4. The molecule has 0 radical (unpaired) electrons. The highest BCUT2D eigenvalue weighted by Gasteiger charge is 1.92. The Hall–Kier alpha value is -0.610. The van der Waals surface area contributed by atoms with Crippen LogP contribution >= 0.6 is 0 Å². The Morgan fingerprint density at radius 3 is 2.75 bits per heavy atom. The Balaban J connectivity index is 2.99. The first-order chi connectivity index (χ1) is 3.81. The van der Waals surface area contributed by atoms with Crippen LogP contribution in [0.3, 0.4) is 0 Å². The second kappa shape index (κ2) is 4.55. The van der Waals surface area contributed by atoms with Crippen LogP contribution < -0.4 is 11.1 Å². The van der Waals surface area contributed by atoms with E-state index in [0.717, 1.165) is 0 Å². The zero-order chi connectivity index (χ0) is 6.41. The monoisotopic (exact) mass is 118 g/mol. The molecule has 0 bridgehead atoms. The highest BCUT2D eigenvalue weighted by Crippen LogP contribution is 1.57. The summed E-state index contributed by atoms with van der Waals surface area (Å²) >= 11 is 0. The molecule has 4 nitrogen and oxygen atoms in total. The van der Waals surface area contributed by atoms with Gasteiger partial charge in [-0.15, -0.1) is 0 Å². The molecular formula is C4H10N2O2. The van der Waals surface area contributed by atoms with E-state index in [0.29, 0.717) is 13.1 Å². The largest absolute Gasteiger partial charge is 0.387 e. The third-order valence-corrected chi connectivity index (χ3v) is 0.610. The summed E-state index contributed by atoms with van der Waals surface area (Å²) in [5, 5.41) is 10.5. The van der Waals surface area contributed by atoms with Crippen molar-refractivity contribution in [3.63, 3.8) is 0 Å². The third kappa shape index (κ3) is 3.58. The number of nitrogens with one attached hydrogen (secondary N) is 1. The Morgan fingerprint density at radius 1 is 1.75 bits per heavy atom. The van der Waals surface area contributed by atoms with Crippen molar-refractivity contribution in [2.75, 3.05) is 19.7 Å². The quantitative estimate of drug-likeness (QED) is 0.403. The van der Waals surface area contributed by atoms with Crippen molar-refractivity contribution in [3.8, 4) is 0 Å². The van der Waals surface area contributed by atoms with E-state index < -0.39 is 6.61 Å². The van der Waals surface area contributed by atoms with E-state index in [1.165, 1.54) is 0 Å². The maximum Gasteiger partial charge on any atom is 0.245 e. The molecule has 0 aliphatic heterocycles. The molecule has 0 fully saturated rings. The fourth-order valence-electron chi connectivity index (χ4n) is 0.267. The topological polar surface area (TPSA) is 75.3 Å². The summed E-state index contributed by atoms with van der Waals surface area (Å²) in [7, 11) is 0. The number of amides is 1. The molecule has 0 spiro atoms. The van der Waals surface area contributed by atoms with Crippen LogP contribution in [-0.2, 0) is 4.79 Å².